The molecule has 49 heavy (non-hydrogen) atoms. The summed E-state index contributed by atoms with van der Waals surface area (Å²) in [6.45, 7) is 3.66. The standard InChI is InChI=1S/C40H75O8P/c1-3-5-7-9-11-13-15-17-19-21-22-24-26-28-30-32-34-39(41)46-36-38(37-47-49(43,44)45)48-40(42)35-33-31-29-27-25-23-20-18-16-14-12-10-8-6-4-2/h12,14,18,20,38H,3-11,13,15-17,19,21-37H2,1-2H3,(H2,43,44,45)/b14-12-,20-18-. The van der Waals surface area contributed by atoms with Gasteiger partial charge < -0.3 is 19.3 Å². The molecular weight excluding hydrogens is 639 g/mol. The van der Waals surface area contributed by atoms with Crippen LogP contribution in [0.1, 0.15) is 200 Å². The Morgan fingerprint density at radius 1 is 0.531 bits per heavy atom. The molecule has 1 atom stereocenters. The summed E-state index contributed by atoms with van der Waals surface area (Å²) in [6.07, 6.45) is 40.4. The van der Waals surface area contributed by atoms with Crippen molar-refractivity contribution in [1.29, 1.82) is 0 Å². The molecule has 0 fully saturated rings. The van der Waals surface area contributed by atoms with Crippen molar-refractivity contribution in [2.75, 3.05) is 13.2 Å². The second-order valence-corrected chi connectivity index (χ2v) is 14.9. The molecule has 0 aliphatic heterocycles. The summed E-state index contributed by atoms with van der Waals surface area (Å²) in [5.74, 6) is -0.893. The number of phosphoric ester groups is 1. The van der Waals surface area contributed by atoms with Crippen molar-refractivity contribution in [1.82, 2.24) is 0 Å². The molecule has 0 saturated heterocycles. The van der Waals surface area contributed by atoms with Crippen molar-refractivity contribution in [2.24, 2.45) is 0 Å². The zero-order valence-electron chi connectivity index (χ0n) is 31.6. The zero-order chi connectivity index (χ0) is 36.1. The lowest BCUT2D eigenvalue weighted by molar-refractivity contribution is -0.161. The molecule has 0 spiro atoms. The van der Waals surface area contributed by atoms with E-state index in [0.29, 0.717) is 6.42 Å². The van der Waals surface area contributed by atoms with Crippen LogP contribution in [0.15, 0.2) is 24.3 Å². The first-order valence-electron chi connectivity index (χ1n) is 20.1. The molecule has 0 amide bonds. The van der Waals surface area contributed by atoms with Crippen LogP contribution in [-0.4, -0.2) is 41.0 Å². The van der Waals surface area contributed by atoms with Gasteiger partial charge in [0.25, 0.3) is 0 Å². The number of carbonyl (C=O) groups excluding carboxylic acids is 2. The van der Waals surface area contributed by atoms with Gasteiger partial charge in [-0.05, 0) is 44.9 Å². The maximum absolute atomic E-state index is 12.4. The first kappa shape index (κ1) is 47.5. The molecule has 2 N–H and O–H groups in total. The van der Waals surface area contributed by atoms with Crippen LogP contribution in [0.3, 0.4) is 0 Å². The van der Waals surface area contributed by atoms with Crippen LogP contribution in [0.4, 0.5) is 0 Å². The SMILES string of the molecule is CCCCC/C=C\C/C=C\CCCCCCCC(=O)OC(COC(=O)CCCCCCCCCCCCCCCCCC)COP(=O)(O)O. The molecule has 9 heteroatoms. The van der Waals surface area contributed by atoms with Gasteiger partial charge in [0.2, 0.25) is 0 Å². The van der Waals surface area contributed by atoms with Gasteiger partial charge in [-0.25, -0.2) is 4.57 Å². The molecular formula is C40H75O8P. The molecule has 0 aromatic carbocycles. The topological polar surface area (TPSA) is 119 Å². The van der Waals surface area contributed by atoms with E-state index in [9.17, 15) is 14.2 Å². The highest BCUT2D eigenvalue weighted by Gasteiger charge is 2.22. The van der Waals surface area contributed by atoms with E-state index in [1.54, 1.807) is 0 Å². The molecule has 0 aromatic rings. The van der Waals surface area contributed by atoms with Gasteiger partial charge >= 0.3 is 19.8 Å². The fourth-order valence-electron chi connectivity index (χ4n) is 5.70. The molecule has 0 aliphatic carbocycles. The van der Waals surface area contributed by atoms with Gasteiger partial charge in [0.1, 0.15) is 6.61 Å². The van der Waals surface area contributed by atoms with E-state index in [2.05, 4.69) is 42.7 Å². The Labute approximate surface area is 300 Å². The summed E-state index contributed by atoms with van der Waals surface area (Å²) >= 11 is 0. The first-order valence-corrected chi connectivity index (χ1v) is 21.7. The molecule has 288 valence electrons. The van der Waals surface area contributed by atoms with Gasteiger partial charge in [-0.3, -0.25) is 14.1 Å². The van der Waals surface area contributed by atoms with Gasteiger partial charge in [0, 0.05) is 12.8 Å². The van der Waals surface area contributed by atoms with E-state index in [-0.39, 0.29) is 19.4 Å². The Hall–Kier alpha value is -1.47. The number of phosphoric acid groups is 1. The van der Waals surface area contributed by atoms with Crippen LogP contribution >= 0.6 is 7.82 Å². The second kappa shape index (κ2) is 36.3. The number of rotatable bonds is 37. The maximum atomic E-state index is 12.4. The van der Waals surface area contributed by atoms with E-state index in [4.69, 9.17) is 19.3 Å². The molecule has 8 nitrogen and oxygen atoms in total. The number of hydrogen-bond acceptors (Lipinski definition) is 6. The van der Waals surface area contributed by atoms with Crippen molar-refractivity contribution < 1.29 is 37.9 Å². The van der Waals surface area contributed by atoms with Gasteiger partial charge in [-0.2, -0.15) is 0 Å². The number of esters is 2. The van der Waals surface area contributed by atoms with Gasteiger partial charge in [0.15, 0.2) is 6.10 Å². The van der Waals surface area contributed by atoms with Gasteiger partial charge in [-0.15, -0.1) is 0 Å². The predicted molar refractivity (Wildman–Crippen MR) is 202 cm³/mol. The number of hydrogen-bond donors (Lipinski definition) is 2. The van der Waals surface area contributed by atoms with E-state index in [1.165, 1.54) is 109 Å². The fourth-order valence-corrected chi connectivity index (χ4v) is 6.06. The van der Waals surface area contributed by atoms with Gasteiger partial charge in [-0.1, -0.05) is 167 Å². The fraction of sp³-hybridized carbons (Fsp3) is 0.850. The molecule has 0 rings (SSSR count). The highest BCUT2D eigenvalue weighted by Crippen LogP contribution is 2.36. The average Bonchev–Trinajstić information content (AvgIpc) is 3.07. The van der Waals surface area contributed by atoms with Crippen LogP contribution in [0, 0.1) is 0 Å². The molecule has 0 saturated carbocycles. The largest absolute Gasteiger partial charge is 0.469 e. The minimum Gasteiger partial charge on any atom is -0.462 e. The monoisotopic (exact) mass is 715 g/mol. The number of allylic oxidation sites excluding steroid dienone is 4. The summed E-state index contributed by atoms with van der Waals surface area (Å²) in [4.78, 5) is 42.8. The molecule has 0 bridgehead atoms. The van der Waals surface area contributed by atoms with Crippen molar-refractivity contribution in [3.63, 3.8) is 0 Å². The van der Waals surface area contributed by atoms with E-state index in [0.717, 1.165) is 57.8 Å². The van der Waals surface area contributed by atoms with Crippen molar-refractivity contribution in [3.05, 3.63) is 24.3 Å². The summed E-state index contributed by atoms with van der Waals surface area (Å²) in [5.41, 5.74) is 0. The summed E-state index contributed by atoms with van der Waals surface area (Å²) in [7, 11) is -4.75. The average molecular weight is 715 g/mol. The summed E-state index contributed by atoms with van der Waals surface area (Å²) in [5, 5.41) is 0. The van der Waals surface area contributed by atoms with E-state index >= 15 is 0 Å². The lowest BCUT2D eigenvalue weighted by Gasteiger charge is -2.18. The predicted octanol–water partition coefficient (Wildman–Crippen LogP) is 12.0. The lowest BCUT2D eigenvalue weighted by atomic mass is 10.0. The van der Waals surface area contributed by atoms with Crippen LogP contribution in [0.25, 0.3) is 0 Å². The van der Waals surface area contributed by atoms with Crippen LogP contribution in [-0.2, 0) is 28.2 Å². The van der Waals surface area contributed by atoms with E-state index < -0.39 is 32.5 Å². The van der Waals surface area contributed by atoms with Crippen molar-refractivity contribution in [3.8, 4) is 0 Å². The number of unbranched alkanes of at least 4 members (excludes halogenated alkanes) is 23. The minimum absolute atomic E-state index is 0.198. The number of carbonyl (C=O) groups is 2. The third-order valence-corrected chi connectivity index (χ3v) is 9.21. The Bertz CT molecular complexity index is 853. The summed E-state index contributed by atoms with van der Waals surface area (Å²) < 4.78 is 26.3. The quantitative estimate of drug-likeness (QED) is 0.0282. The van der Waals surface area contributed by atoms with Crippen molar-refractivity contribution in [2.45, 2.75) is 206 Å². The molecule has 1 unspecified atom stereocenters. The van der Waals surface area contributed by atoms with Crippen LogP contribution in [0.5, 0.6) is 0 Å². The highest BCUT2D eigenvalue weighted by molar-refractivity contribution is 7.46. The van der Waals surface area contributed by atoms with E-state index in [1.807, 2.05) is 0 Å². The number of ether oxygens (including phenoxy) is 2. The Morgan fingerprint density at radius 2 is 0.918 bits per heavy atom. The molecule has 0 heterocycles. The minimum atomic E-state index is -4.75. The highest BCUT2D eigenvalue weighted by atomic mass is 31.2. The molecule has 0 radical (unpaired) electrons. The zero-order valence-corrected chi connectivity index (χ0v) is 32.5. The van der Waals surface area contributed by atoms with Crippen molar-refractivity contribution >= 4 is 19.8 Å². The summed E-state index contributed by atoms with van der Waals surface area (Å²) in [6, 6.07) is 0. The Morgan fingerprint density at radius 3 is 1.39 bits per heavy atom. The maximum Gasteiger partial charge on any atom is 0.469 e. The normalized spacial score (nSPS) is 12.7. The Kier molecular flexibility index (Phi) is 35.2. The van der Waals surface area contributed by atoms with Gasteiger partial charge in [0.05, 0.1) is 6.61 Å². The Balaban J connectivity index is 3.93. The molecule has 0 aliphatic rings. The lowest BCUT2D eigenvalue weighted by Crippen LogP contribution is -2.29. The smallest absolute Gasteiger partial charge is 0.462 e. The van der Waals surface area contributed by atoms with Crippen LogP contribution < -0.4 is 0 Å². The molecule has 0 aromatic heterocycles. The second-order valence-electron chi connectivity index (χ2n) is 13.6. The van der Waals surface area contributed by atoms with Crippen LogP contribution in [0.2, 0.25) is 0 Å². The third kappa shape index (κ3) is 39.2. The third-order valence-electron chi connectivity index (χ3n) is 8.72. The first-order chi connectivity index (χ1) is 23.8.